The van der Waals surface area contributed by atoms with E-state index in [0.717, 1.165) is 4.31 Å². The Morgan fingerprint density at radius 2 is 2.00 bits per heavy atom. The van der Waals surface area contributed by atoms with Crippen LogP contribution in [0.1, 0.15) is 11.1 Å². The minimum atomic E-state index is -3.71. The van der Waals surface area contributed by atoms with E-state index in [1.54, 1.807) is 0 Å². The molecule has 0 saturated heterocycles. The molecule has 3 N–H and O–H groups in total. The van der Waals surface area contributed by atoms with Gasteiger partial charge in [0.05, 0.1) is 6.20 Å². The third-order valence-corrected chi connectivity index (χ3v) is 4.70. The molecule has 0 aliphatic rings. The lowest BCUT2D eigenvalue weighted by molar-refractivity contribution is 0.462. The van der Waals surface area contributed by atoms with Crippen molar-refractivity contribution in [3.05, 3.63) is 47.4 Å². The third kappa shape index (κ3) is 2.87. The summed E-state index contributed by atoms with van der Waals surface area (Å²) in [5, 5.41) is 6.14. The largest absolute Gasteiger partial charge is 0.326 e. The molecule has 0 amide bonds. The van der Waals surface area contributed by atoms with Gasteiger partial charge in [0.1, 0.15) is 5.82 Å². The van der Waals surface area contributed by atoms with Crippen LogP contribution in [0.15, 0.2) is 35.5 Å². The quantitative estimate of drug-likeness (QED) is 0.855. The highest BCUT2D eigenvalue weighted by Gasteiger charge is 2.25. The Bertz CT molecular complexity index is 682. The van der Waals surface area contributed by atoms with Gasteiger partial charge in [-0.3, -0.25) is 5.10 Å². The minimum absolute atomic E-state index is 0.00962. The highest BCUT2D eigenvalue weighted by atomic mass is 32.2. The van der Waals surface area contributed by atoms with Gasteiger partial charge in [0, 0.05) is 25.7 Å². The van der Waals surface area contributed by atoms with Gasteiger partial charge in [0.25, 0.3) is 10.0 Å². The Labute approximate surface area is 116 Å². The van der Waals surface area contributed by atoms with E-state index in [4.69, 9.17) is 5.73 Å². The SMILES string of the molecule is CN(Cc1ccc(F)cc1)S(=O)(=O)c1[nH]ncc1CN. The number of aromatic nitrogens is 2. The molecule has 2 rings (SSSR count). The van der Waals surface area contributed by atoms with Gasteiger partial charge in [-0.25, -0.2) is 12.8 Å². The van der Waals surface area contributed by atoms with Crippen LogP contribution in [0, 0.1) is 5.82 Å². The van der Waals surface area contributed by atoms with Crippen LogP contribution in [0.4, 0.5) is 4.39 Å². The van der Waals surface area contributed by atoms with Gasteiger partial charge in [-0.2, -0.15) is 9.40 Å². The summed E-state index contributed by atoms with van der Waals surface area (Å²) in [5.74, 6) is -0.363. The molecule has 0 unspecified atom stereocenters. The molecule has 0 aliphatic heterocycles. The van der Waals surface area contributed by atoms with Crippen molar-refractivity contribution in [1.29, 1.82) is 0 Å². The summed E-state index contributed by atoms with van der Waals surface area (Å²) in [6, 6.07) is 5.66. The highest BCUT2D eigenvalue weighted by Crippen LogP contribution is 2.18. The van der Waals surface area contributed by atoms with Crippen molar-refractivity contribution in [1.82, 2.24) is 14.5 Å². The summed E-state index contributed by atoms with van der Waals surface area (Å²) in [5.41, 5.74) is 6.59. The molecule has 0 fully saturated rings. The zero-order valence-electron chi connectivity index (χ0n) is 10.9. The Balaban J connectivity index is 2.23. The number of sulfonamides is 1. The van der Waals surface area contributed by atoms with Crippen LogP contribution in [0.3, 0.4) is 0 Å². The van der Waals surface area contributed by atoms with E-state index in [1.807, 2.05) is 0 Å². The second kappa shape index (κ2) is 5.70. The molecular weight excluding hydrogens is 283 g/mol. The number of nitrogens with two attached hydrogens (primary N) is 1. The zero-order chi connectivity index (χ0) is 14.8. The average molecular weight is 298 g/mol. The van der Waals surface area contributed by atoms with Gasteiger partial charge < -0.3 is 5.73 Å². The van der Waals surface area contributed by atoms with Gasteiger partial charge in [-0.05, 0) is 17.7 Å². The van der Waals surface area contributed by atoms with Crippen LogP contribution < -0.4 is 5.73 Å². The molecule has 0 radical (unpaired) electrons. The van der Waals surface area contributed by atoms with Gasteiger partial charge >= 0.3 is 0 Å². The lowest BCUT2D eigenvalue weighted by Gasteiger charge is -2.16. The number of hydrogen-bond acceptors (Lipinski definition) is 4. The van der Waals surface area contributed by atoms with Crippen LogP contribution in [0.5, 0.6) is 0 Å². The van der Waals surface area contributed by atoms with Crippen LogP contribution in [-0.2, 0) is 23.1 Å². The first-order chi connectivity index (χ1) is 9.45. The Morgan fingerprint density at radius 1 is 1.35 bits per heavy atom. The lowest BCUT2D eigenvalue weighted by atomic mass is 10.2. The molecule has 1 aromatic heterocycles. The molecule has 1 heterocycles. The van der Waals surface area contributed by atoms with E-state index < -0.39 is 10.0 Å². The number of nitrogens with zero attached hydrogens (tertiary/aromatic N) is 2. The van der Waals surface area contributed by atoms with E-state index in [2.05, 4.69) is 10.2 Å². The Kier molecular flexibility index (Phi) is 4.17. The monoisotopic (exact) mass is 298 g/mol. The first-order valence-electron chi connectivity index (χ1n) is 5.88. The molecule has 2 aromatic rings. The van der Waals surface area contributed by atoms with Gasteiger partial charge in [-0.15, -0.1) is 0 Å². The fraction of sp³-hybridized carbons (Fsp3) is 0.250. The summed E-state index contributed by atoms with van der Waals surface area (Å²) in [6.45, 7) is 0.209. The van der Waals surface area contributed by atoms with Gasteiger partial charge in [0.15, 0.2) is 5.03 Å². The van der Waals surface area contributed by atoms with E-state index in [1.165, 1.54) is 37.5 Å². The average Bonchev–Trinajstić information content (AvgIpc) is 2.90. The van der Waals surface area contributed by atoms with Crippen LogP contribution >= 0.6 is 0 Å². The van der Waals surface area contributed by atoms with E-state index in [9.17, 15) is 12.8 Å². The summed E-state index contributed by atoms with van der Waals surface area (Å²) in [6.07, 6.45) is 1.39. The number of benzene rings is 1. The van der Waals surface area contributed by atoms with Crippen molar-refractivity contribution < 1.29 is 12.8 Å². The molecule has 20 heavy (non-hydrogen) atoms. The number of halogens is 1. The molecule has 6 nitrogen and oxygen atoms in total. The maximum absolute atomic E-state index is 12.8. The number of nitrogens with one attached hydrogen (secondary N) is 1. The predicted octanol–water partition coefficient (Wildman–Crippen LogP) is 0.828. The number of rotatable bonds is 5. The summed E-state index contributed by atoms with van der Waals surface area (Å²) >= 11 is 0. The molecule has 0 spiro atoms. The van der Waals surface area contributed by atoms with Gasteiger partial charge in [-0.1, -0.05) is 12.1 Å². The normalized spacial score (nSPS) is 12.0. The second-order valence-corrected chi connectivity index (χ2v) is 6.30. The van der Waals surface area contributed by atoms with Crippen LogP contribution in [0.25, 0.3) is 0 Å². The number of aromatic amines is 1. The molecule has 8 heteroatoms. The molecule has 1 aromatic carbocycles. The molecule has 0 atom stereocenters. The zero-order valence-corrected chi connectivity index (χ0v) is 11.7. The van der Waals surface area contributed by atoms with Crippen molar-refractivity contribution in [3.8, 4) is 0 Å². The summed E-state index contributed by atoms with van der Waals surface area (Å²) in [4.78, 5) is 0. The van der Waals surface area contributed by atoms with Crippen LogP contribution in [-0.4, -0.2) is 30.0 Å². The third-order valence-electron chi connectivity index (χ3n) is 2.88. The van der Waals surface area contributed by atoms with E-state index >= 15 is 0 Å². The lowest BCUT2D eigenvalue weighted by Crippen LogP contribution is -2.28. The summed E-state index contributed by atoms with van der Waals surface area (Å²) < 4.78 is 38.7. The highest BCUT2D eigenvalue weighted by molar-refractivity contribution is 7.89. The van der Waals surface area contributed by atoms with Crippen molar-refractivity contribution in [2.45, 2.75) is 18.1 Å². The van der Waals surface area contributed by atoms with E-state index in [-0.39, 0.29) is 23.9 Å². The number of H-pyrrole nitrogens is 1. The standard InChI is InChI=1S/C12H15FN4O2S/c1-17(8-9-2-4-11(13)5-3-9)20(18,19)12-10(6-14)7-15-16-12/h2-5,7H,6,8,14H2,1H3,(H,15,16). The minimum Gasteiger partial charge on any atom is -0.326 e. The Morgan fingerprint density at radius 3 is 2.60 bits per heavy atom. The first kappa shape index (κ1) is 14.6. The Hall–Kier alpha value is -1.77. The fourth-order valence-corrected chi connectivity index (χ4v) is 3.02. The van der Waals surface area contributed by atoms with Crippen molar-refractivity contribution in [2.75, 3.05) is 7.05 Å². The smallest absolute Gasteiger partial charge is 0.260 e. The predicted molar refractivity (Wildman–Crippen MR) is 71.5 cm³/mol. The van der Waals surface area contributed by atoms with Crippen molar-refractivity contribution >= 4 is 10.0 Å². The van der Waals surface area contributed by atoms with Crippen LogP contribution in [0.2, 0.25) is 0 Å². The molecule has 0 saturated carbocycles. The van der Waals surface area contributed by atoms with Crippen molar-refractivity contribution in [3.63, 3.8) is 0 Å². The van der Waals surface area contributed by atoms with Crippen molar-refractivity contribution in [2.24, 2.45) is 5.73 Å². The molecule has 0 bridgehead atoms. The summed E-state index contributed by atoms with van der Waals surface area (Å²) in [7, 11) is -2.26. The van der Waals surface area contributed by atoms with Gasteiger partial charge in [0.2, 0.25) is 0 Å². The fourth-order valence-electron chi connectivity index (χ4n) is 1.76. The molecular formula is C12H15FN4O2S. The first-order valence-corrected chi connectivity index (χ1v) is 7.32. The van der Waals surface area contributed by atoms with E-state index in [0.29, 0.717) is 11.1 Å². The second-order valence-electron chi connectivity index (χ2n) is 4.32. The maximum Gasteiger partial charge on any atom is 0.260 e. The molecule has 108 valence electrons. The maximum atomic E-state index is 12.8. The number of hydrogen-bond donors (Lipinski definition) is 2. The molecule has 0 aliphatic carbocycles. The topological polar surface area (TPSA) is 92.1 Å².